The molecule has 1 fully saturated rings. The van der Waals surface area contributed by atoms with E-state index in [9.17, 15) is 22.8 Å². The molecule has 0 aliphatic carbocycles. The smallest absolute Gasteiger partial charge is 0.368 e. The number of piperidine rings is 1. The van der Waals surface area contributed by atoms with Gasteiger partial charge in [-0.1, -0.05) is 6.92 Å². The van der Waals surface area contributed by atoms with Crippen molar-refractivity contribution in [3.63, 3.8) is 0 Å². The van der Waals surface area contributed by atoms with Crippen LogP contribution in [0.2, 0.25) is 0 Å². The summed E-state index contributed by atoms with van der Waals surface area (Å²) in [6.45, 7) is 3.13. The number of carbonyl (C=O) groups is 2. The van der Waals surface area contributed by atoms with E-state index >= 15 is 0 Å². The Kier molecular flexibility index (Phi) is 6.82. The number of aromatic nitrogens is 1. The van der Waals surface area contributed by atoms with Crippen LogP contribution in [0.4, 0.5) is 19.0 Å². The number of hydrogen-bond acceptors (Lipinski definition) is 4. The maximum absolute atomic E-state index is 12.9. The molecule has 1 aliphatic heterocycles. The molecule has 2 amide bonds. The normalized spacial score (nSPS) is 17.7. The van der Waals surface area contributed by atoms with Crippen molar-refractivity contribution in [2.24, 2.45) is 5.92 Å². The second-order valence-electron chi connectivity index (χ2n) is 6.15. The van der Waals surface area contributed by atoms with Crippen molar-refractivity contribution >= 4 is 17.6 Å². The molecule has 1 saturated heterocycles. The average molecular weight is 372 g/mol. The fourth-order valence-electron chi connectivity index (χ4n) is 2.93. The molecule has 1 unspecified atom stereocenters. The highest BCUT2D eigenvalue weighted by atomic mass is 19.4. The number of anilines is 1. The van der Waals surface area contributed by atoms with Crippen LogP contribution in [-0.2, 0) is 15.8 Å². The number of pyridine rings is 1. The third-order valence-corrected chi connectivity index (χ3v) is 4.28. The lowest BCUT2D eigenvalue weighted by Gasteiger charge is -2.31. The lowest BCUT2D eigenvalue weighted by atomic mass is 9.97. The SMILES string of the molecule is CCC(=O)N1CCCC(C(=O)NCCNc2ncccc2C(F)(F)F)C1. The Labute approximate surface area is 150 Å². The summed E-state index contributed by atoms with van der Waals surface area (Å²) in [7, 11) is 0. The molecule has 2 N–H and O–H groups in total. The van der Waals surface area contributed by atoms with Gasteiger partial charge in [0.2, 0.25) is 11.8 Å². The van der Waals surface area contributed by atoms with Gasteiger partial charge in [0, 0.05) is 38.8 Å². The number of rotatable bonds is 6. The number of nitrogens with zero attached hydrogens (tertiary/aromatic N) is 2. The highest BCUT2D eigenvalue weighted by Crippen LogP contribution is 2.33. The minimum Gasteiger partial charge on any atom is -0.368 e. The molecule has 0 bridgehead atoms. The van der Waals surface area contributed by atoms with E-state index in [1.165, 1.54) is 12.3 Å². The molecule has 2 rings (SSSR count). The van der Waals surface area contributed by atoms with Gasteiger partial charge in [0.1, 0.15) is 5.82 Å². The topological polar surface area (TPSA) is 74.3 Å². The molecule has 26 heavy (non-hydrogen) atoms. The van der Waals surface area contributed by atoms with E-state index < -0.39 is 11.7 Å². The first-order valence-electron chi connectivity index (χ1n) is 8.64. The van der Waals surface area contributed by atoms with E-state index in [1.54, 1.807) is 11.8 Å². The second-order valence-corrected chi connectivity index (χ2v) is 6.15. The molecule has 0 saturated carbocycles. The summed E-state index contributed by atoms with van der Waals surface area (Å²) in [5, 5.41) is 5.31. The van der Waals surface area contributed by atoms with Gasteiger partial charge in [0.25, 0.3) is 0 Å². The molecule has 1 aliphatic rings. The minimum atomic E-state index is -4.49. The Balaban J connectivity index is 1.80. The van der Waals surface area contributed by atoms with Crippen LogP contribution >= 0.6 is 0 Å². The van der Waals surface area contributed by atoms with E-state index in [2.05, 4.69) is 15.6 Å². The van der Waals surface area contributed by atoms with Crippen LogP contribution in [-0.4, -0.2) is 47.9 Å². The van der Waals surface area contributed by atoms with E-state index in [1.807, 2.05) is 0 Å². The van der Waals surface area contributed by atoms with E-state index in [0.29, 0.717) is 25.9 Å². The number of amides is 2. The highest BCUT2D eigenvalue weighted by Gasteiger charge is 2.34. The molecule has 1 aromatic heterocycles. The van der Waals surface area contributed by atoms with Gasteiger partial charge in [0.05, 0.1) is 11.5 Å². The number of nitrogens with one attached hydrogen (secondary N) is 2. The van der Waals surface area contributed by atoms with Crippen molar-refractivity contribution in [1.82, 2.24) is 15.2 Å². The number of halogens is 3. The minimum absolute atomic E-state index is 0.0269. The summed E-state index contributed by atoms with van der Waals surface area (Å²) >= 11 is 0. The van der Waals surface area contributed by atoms with Crippen molar-refractivity contribution in [2.75, 3.05) is 31.5 Å². The van der Waals surface area contributed by atoms with Crippen LogP contribution < -0.4 is 10.6 Å². The fourth-order valence-corrected chi connectivity index (χ4v) is 2.93. The lowest BCUT2D eigenvalue weighted by Crippen LogP contribution is -2.45. The summed E-state index contributed by atoms with van der Waals surface area (Å²) in [4.78, 5) is 29.4. The monoisotopic (exact) mass is 372 g/mol. The average Bonchev–Trinajstić information content (AvgIpc) is 2.64. The number of likely N-dealkylation sites (tertiary alicyclic amines) is 1. The van der Waals surface area contributed by atoms with E-state index in [-0.39, 0.29) is 36.6 Å². The zero-order valence-corrected chi connectivity index (χ0v) is 14.6. The summed E-state index contributed by atoms with van der Waals surface area (Å²) < 4.78 is 38.6. The molecule has 1 atom stereocenters. The standard InChI is InChI=1S/C17H23F3N4O2/c1-2-14(25)24-10-4-5-12(11-24)16(26)23-9-8-22-15-13(17(18,19)20)6-3-7-21-15/h3,6-7,12H,2,4-5,8-11H2,1H3,(H,21,22)(H,23,26). The van der Waals surface area contributed by atoms with Gasteiger partial charge in [-0.3, -0.25) is 9.59 Å². The van der Waals surface area contributed by atoms with Crippen LogP contribution in [0.1, 0.15) is 31.7 Å². The molecule has 0 aromatic carbocycles. The Bertz CT molecular complexity index is 637. The summed E-state index contributed by atoms with van der Waals surface area (Å²) in [5.41, 5.74) is -0.840. The number of hydrogen-bond donors (Lipinski definition) is 2. The van der Waals surface area contributed by atoms with Gasteiger partial charge < -0.3 is 15.5 Å². The summed E-state index contributed by atoms with van der Waals surface area (Å²) in [5.74, 6) is -0.692. The number of carbonyl (C=O) groups excluding carboxylic acids is 2. The van der Waals surface area contributed by atoms with Crippen molar-refractivity contribution in [3.05, 3.63) is 23.9 Å². The Morgan fingerprint density at radius 1 is 1.35 bits per heavy atom. The van der Waals surface area contributed by atoms with Crippen molar-refractivity contribution in [1.29, 1.82) is 0 Å². The Morgan fingerprint density at radius 3 is 2.81 bits per heavy atom. The fraction of sp³-hybridized carbons (Fsp3) is 0.588. The first-order chi connectivity index (χ1) is 12.3. The molecule has 9 heteroatoms. The highest BCUT2D eigenvalue weighted by molar-refractivity contribution is 5.81. The Hall–Kier alpha value is -2.32. The van der Waals surface area contributed by atoms with Gasteiger partial charge in [0.15, 0.2) is 0 Å². The van der Waals surface area contributed by atoms with Crippen molar-refractivity contribution in [3.8, 4) is 0 Å². The largest absolute Gasteiger partial charge is 0.419 e. The molecule has 0 radical (unpaired) electrons. The molecule has 144 valence electrons. The van der Waals surface area contributed by atoms with Gasteiger partial charge in [-0.05, 0) is 25.0 Å². The van der Waals surface area contributed by atoms with E-state index in [4.69, 9.17) is 0 Å². The molecular weight excluding hydrogens is 349 g/mol. The third kappa shape index (κ3) is 5.34. The zero-order valence-electron chi connectivity index (χ0n) is 14.6. The van der Waals surface area contributed by atoms with Gasteiger partial charge in [-0.15, -0.1) is 0 Å². The first kappa shape index (κ1) is 20.0. The van der Waals surface area contributed by atoms with Crippen LogP contribution in [0.15, 0.2) is 18.3 Å². The summed E-state index contributed by atoms with van der Waals surface area (Å²) in [6, 6.07) is 2.18. The van der Waals surface area contributed by atoms with Gasteiger partial charge in [-0.2, -0.15) is 13.2 Å². The zero-order chi connectivity index (χ0) is 19.2. The Morgan fingerprint density at radius 2 is 2.12 bits per heavy atom. The van der Waals surface area contributed by atoms with Crippen LogP contribution in [0.5, 0.6) is 0 Å². The van der Waals surface area contributed by atoms with Crippen LogP contribution in [0.3, 0.4) is 0 Å². The van der Waals surface area contributed by atoms with E-state index in [0.717, 1.165) is 12.5 Å². The van der Waals surface area contributed by atoms with Crippen molar-refractivity contribution in [2.45, 2.75) is 32.4 Å². The maximum atomic E-state index is 12.9. The molecular formula is C17H23F3N4O2. The first-order valence-corrected chi connectivity index (χ1v) is 8.64. The van der Waals surface area contributed by atoms with Crippen molar-refractivity contribution < 1.29 is 22.8 Å². The quantitative estimate of drug-likeness (QED) is 0.752. The maximum Gasteiger partial charge on any atom is 0.419 e. The third-order valence-electron chi connectivity index (χ3n) is 4.28. The second kappa shape index (κ2) is 8.86. The van der Waals surface area contributed by atoms with Gasteiger partial charge >= 0.3 is 6.18 Å². The van der Waals surface area contributed by atoms with Gasteiger partial charge in [-0.25, -0.2) is 4.98 Å². The molecule has 6 nitrogen and oxygen atoms in total. The lowest BCUT2D eigenvalue weighted by molar-refractivity contribution is -0.137. The van der Waals surface area contributed by atoms with Crippen LogP contribution in [0.25, 0.3) is 0 Å². The summed E-state index contributed by atoms with van der Waals surface area (Å²) in [6.07, 6.45) is -1.34. The molecule has 0 spiro atoms. The molecule has 2 heterocycles. The molecule has 1 aromatic rings. The number of alkyl halides is 3. The predicted octanol–water partition coefficient (Wildman–Crippen LogP) is 2.28. The predicted molar refractivity (Wildman–Crippen MR) is 90.3 cm³/mol. The van der Waals surface area contributed by atoms with Crippen LogP contribution in [0, 0.1) is 5.92 Å².